The number of nitrogens with zero attached hydrogens (tertiary/aromatic N) is 1. The molecule has 1 atom stereocenters. The van der Waals surface area contributed by atoms with Crippen LogP contribution in [0.5, 0.6) is 0 Å². The summed E-state index contributed by atoms with van der Waals surface area (Å²) in [6, 6.07) is 4.23. The minimum atomic E-state index is 0.577. The third-order valence-electron chi connectivity index (χ3n) is 2.01. The van der Waals surface area contributed by atoms with E-state index >= 15 is 0 Å². The Morgan fingerprint density at radius 2 is 2.23 bits per heavy atom. The maximum Gasteiger partial charge on any atom is 0.0414 e. The first kappa shape index (κ1) is 10.7. The number of hydrogen-bond acceptors (Lipinski definition) is 1. The third kappa shape index (κ3) is 3.90. The second-order valence-electron chi connectivity index (χ2n) is 3.42. The highest BCUT2D eigenvalue weighted by atomic mass is 79.9. The Labute approximate surface area is 88.7 Å². The lowest BCUT2D eigenvalue weighted by Crippen LogP contribution is -2.03. The van der Waals surface area contributed by atoms with Crippen molar-refractivity contribution in [2.45, 2.75) is 37.9 Å². The topological polar surface area (TPSA) is 12.9 Å². The summed E-state index contributed by atoms with van der Waals surface area (Å²) in [6.45, 7) is 4.27. The van der Waals surface area contributed by atoms with Crippen LogP contribution in [0.15, 0.2) is 18.3 Å². The first-order valence-corrected chi connectivity index (χ1v) is 5.69. The number of alkyl halides is 1. The Morgan fingerprint density at radius 3 is 2.77 bits per heavy atom. The largest absolute Gasteiger partial charge is 0.261 e. The summed E-state index contributed by atoms with van der Waals surface area (Å²) in [7, 11) is 0. The van der Waals surface area contributed by atoms with Gasteiger partial charge in [0.1, 0.15) is 0 Å². The number of halogens is 1. The van der Waals surface area contributed by atoms with Crippen molar-refractivity contribution in [3.63, 3.8) is 0 Å². The lowest BCUT2D eigenvalue weighted by molar-refractivity contribution is 0.734. The number of pyridine rings is 1. The highest BCUT2D eigenvalue weighted by Gasteiger charge is 2.04. The van der Waals surface area contributed by atoms with E-state index in [0.29, 0.717) is 4.83 Å². The van der Waals surface area contributed by atoms with Gasteiger partial charge in [-0.2, -0.15) is 0 Å². The van der Waals surface area contributed by atoms with E-state index < -0.39 is 0 Å². The highest BCUT2D eigenvalue weighted by Crippen LogP contribution is 2.13. The molecule has 1 rings (SSSR count). The minimum absolute atomic E-state index is 0.577. The smallest absolute Gasteiger partial charge is 0.0414 e. The molecule has 0 saturated carbocycles. The zero-order valence-corrected chi connectivity index (χ0v) is 9.84. The van der Waals surface area contributed by atoms with Crippen molar-refractivity contribution in [3.8, 4) is 0 Å². The van der Waals surface area contributed by atoms with Crippen molar-refractivity contribution < 1.29 is 0 Å². The fourth-order valence-corrected chi connectivity index (χ4v) is 2.05. The van der Waals surface area contributed by atoms with Crippen LogP contribution in [0.4, 0.5) is 0 Å². The molecule has 0 spiro atoms. The average Bonchev–Trinajstić information content (AvgIpc) is 2.09. The van der Waals surface area contributed by atoms with Crippen LogP contribution in [-0.4, -0.2) is 9.81 Å². The van der Waals surface area contributed by atoms with Crippen molar-refractivity contribution in [1.82, 2.24) is 4.98 Å². The molecule has 0 aliphatic carbocycles. The van der Waals surface area contributed by atoms with Gasteiger partial charge in [-0.15, -0.1) is 0 Å². The molecule has 0 saturated heterocycles. The molecule has 0 amide bonds. The van der Waals surface area contributed by atoms with Gasteiger partial charge in [-0.25, -0.2) is 0 Å². The molecule has 0 aliphatic heterocycles. The predicted molar refractivity (Wildman–Crippen MR) is 60.3 cm³/mol. The van der Waals surface area contributed by atoms with Crippen LogP contribution in [0.3, 0.4) is 0 Å². The molecule has 0 radical (unpaired) electrons. The first-order valence-electron chi connectivity index (χ1n) is 4.78. The lowest BCUT2D eigenvalue weighted by Gasteiger charge is -2.07. The van der Waals surface area contributed by atoms with E-state index in [0.717, 1.165) is 6.42 Å². The van der Waals surface area contributed by atoms with E-state index in [1.807, 2.05) is 6.20 Å². The second-order valence-corrected chi connectivity index (χ2v) is 4.71. The van der Waals surface area contributed by atoms with Crippen LogP contribution in [0.25, 0.3) is 0 Å². The highest BCUT2D eigenvalue weighted by molar-refractivity contribution is 9.09. The Morgan fingerprint density at radius 1 is 1.46 bits per heavy atom. The van der Waals surface area contributed by atoms with Crippen molar-refractivity contribution in [3.05, 3.63) is 29.6 Å². The second kappa shape index (κ2) is 5.38. The molecule has 1 aromatic heterocycles. The maximum atomic E-state index is 4.37. The van der Waals surface area contributed by atoms with Crippen LogP contribution < -0.4 is 0 Å². The molecule has 13 heavy (non-hydrogen) atoms. The van der Waals surface area contributed by atoms with Crippen molar-refractivity contribution in [2.24, 2.45) is 0 Å². The lowest BCUT2D eigenvalue weighted by atomic mass is 10.1. The molecule has 1 aromatic rings. The molecule has 0 fully saturated rings. The summed E-state index contributed by atoms with van der Waals surface area (Å²) in [5.41, 5.74) is 2.41. The average molecular weight is 242 g/mol. The SMILES string of the molecule is CCCC(Br)Cc1ccc(C)cn1. The van der Waals surface area contributed by atoms with Gasteiger partial charge in [-0.05, 0) is 25.0 Å². The molecule has 1 nitrogen and oxygen atoms in total. The maximum absolute atomic E-state index is 4.37. The van der Waals surface area contributed by atoms with Crippen molar-refractivity contribution in [2.75, 3.05) is 0 Å². The van der Waals surface area contributed by atoms with Gasteiger partial charge in [0.2, 0.25) is 0 Å². The molecular weight excluding hydrogens is 226 g/mol. The Hall–Kier alpha value is -0.370. The van der Waals surface area contributed by atoms with Gasteiger partial charge in [0.25, 0.3) is 0 Å². The van der Waals surface area contributed by atoms with E-state index in [4.69, 9.17) is 0 Å². The van der Waals surface area contributed by atoms with Crippen molar-refractivity contribution >= 4 is 15.9 Å². The zero-order chi connectivity index (χ0) is 9.68. The van der Waals surface area contributed by atoms with Gasteiger partial charge < -0.3 is 0 Å². The monoisotopic (exact) mass is 241 g/mol. The normalized spacial score (nSPS) is 12.8. The fourth-order valence-electron chi connectivity index (χ4n) is 1.26. The minimum Gasteiger partial charge on any atom is -0.261 e. The number of aryl methyl sites for hydroxylation is 1. The third-order valence-corrected chi connectivity index (χ3v) is 2.79. The number of hydrogen-bond donors (Lipinski definition) is 0. The molecule has 72 valence electrons. The Bertz CT molecular complexity index is 243. The summed E-state index contributed by atoms with van der Waals surface area (Å²) in [4.78, 5) is 4.95. The molecule has 0 aliphatic rings. The summed E-state index contributed by atoms with van der Waals surface area (Å²) >= 11 is 3.65. The number of rotatable bonds is 4. The molecule has 0 N–H and O–H groups in total. The zero-order valence-electron chi connectivity index (χ0n) is 8.26. The Kier molecular flexibility index (Phi) is 4.43. The van der Waals surface area contributed by atoms with Crippen LogP contribution in [0.2, 0.25) is 0 Å². The van der Waals surface area contributed by atoms with E-state index in [2.05, 4.69) is 46.9 Å². The van der Waals surface area contributed by atoms with Crippen molar-refractivity contribution in [1.29, 1.82) is 0 Å². The molecule has 1 unspecified atom stereocenters. The van der Waals surface area contributed by atoms with Gasteiger partial charge in [0.05, 0.1) is 0 Å². The van der Waals surface area contributed by atoms with E-state index in [9.17, 15) is 0 Å². The first-order chi connectivity index (χ1) is 6.22. The summed E-state index contributed by atoms with van der Waals surface area (Å²) in [5.74, 6) is 0. The van der Waals surface area contributed by atoms with Crippen LogP contribution in [0, 0.1) is 6.92 Å². The molecule has 0 bridgehead atoms. The molecule has 0 aromatic carbocycles. The molecular formula is C11H16BrN. The fraction of sp³-hybridized carbons (Fsp3) is 0.545. The molecule has 2 heteroatoms. The van der Waals surface area contributed by atoms with Gasteiger partial charge in [-0.1, -0.05) is 35.3 Å². The standard InChI is InChI=1S/C11H16BrN/c1-3-4-10(12)7-11-6-5-9(2)8-13-11/h5-6,8,10H,3-4,7H2,1-2H3. The van der Waals surface area contributed by atoms with Gasteiger partial charge in [-0.3, -0.25) is 4.98 Å². The van der Waals surface area contributed by atoms with Gasteiger partial charge >= 0.3 is 0 Å². The summed E-state index contributed by atoms with van der Waals surface area (Å²) in [5, 5.41) is 0. The van der Waals surface area contributed by atoms with E-state index in [1.165, 1.54) is 24.1 Å². The quantitative estimate of drug-likeness (QED) is 0.736. The van der Waals surface area contributed by atoms with Gasteiger partial charge in [0.15, 0.2) is 0 Å². The summed E-state index contributed by atoms with van der Waals surface area (Å²) in [6.07, 6.45) is 5.41. The van der Waals surface area contributed by atoms with Crippen LogP contribution in [0.1, 0.15) is 31.0 Å². The summed E-state index contributed by atoms with van der Waals surface area (Å²) < 4.78 is 0. The van der Waals surface area contributed by atoms with Gasteiger partial charge in [0, 0.05) is 23.1 Å². The number of aromatic nitrogens is 1. The van der Waals surface area contributed by atoms with Crippen LogP contribution >= 0.6 is 15.9 Å². The van der Waals surface area contributed by atoms with E-state index in [-0.39, 0.29) is 0 Å². The predicted octanol–water partition coefficient (Wildman–Crippen LogP) is 3.50. The van der Waals surface area contributed by atoms with Crippen LogP contribution in [-0.2, 0) is 6.42 Å². The molecule has 1 heterocycles. The van der Waals surface area contributed by atoms with E-state index in [1.54, 1.807) is 0 Å². The Balaban J connectivity index is 2.49.